The largest absolute Gasteiger partial charge is 0.339 e. The van der Waals surface area contributed by atoms with Crippen molar-refractivity contribution in [2.75, 3.05) is 31.1 Å². The van der Waals surface area contributed by atoms with E-state index in [0.29, 0.717) is 24.1 Å². The number of anilines is 1. The Hall–Kier alpha value is -1.19. The Morgan fingerprint density at radius 2 is 2.05 bits per heavy atom. The first kappa shape index (κ1) is 15.7. The first-order valence-electron chi connectivity index (χ1n) is 7.45. The van der Waals surface area contributed by atoms with E-state index in [1.807, 2.05) is 9.80 Å². The van der Waals surface area contributed by atoms with E-state index in [2.05, 4.69) is 4.98 Å². The quantitative estimate of drug-likeness (QED) is 0.864. The van der Waals surface area contributed by atoms with Crippen molar-refractivity contribution < 1.29 is 13.2 Å². The second kappa shape index (κ2) is 6.13. The number of thiazole rings is 1. The zero-order valence-corrected chi connectivity index (χ0v) is 13.9. The molecule has 2 N–H and O–H groups in total. The highest BCUT2D eigenvalue weighted by Crippen LogP contribution is 2.28. The third-order valence-electron chi connectivity index (χ3n) is 4.30. The van der Waals surface area contributed by atoms with E-state index in [-0.39, 0.29) is 16.7 Å². The number of rotatable bonds is 4. The van der Waals surface area contributed by atoms with Crippen LogP contribution in [0.5, 0.6) is 0 Å². The lowest BCUT2D eigenvalue weighted by atomic mass is 10.1. The van der Waals surface area contributed by atoms with Gasteiger partial charge in [0.05, 0.1) is 12.7 Å². The standard InChI is InChI=1S/C13H20N4O3S2/c14-22(19,20)12-7-15-13(21-12)17-6-5-16(11(18)9-17)8-10-3-1-2-4-10/h7,10H,1-6,8-9H2,(H2,14,19,20). The topological polar surface area (TPSA) is 96.6 Å². The Kier molecular flexibility index (Phi) is 4.37. The SMILES string of the molecule is NS(=O)(=O)c1cnc(N2CCN(CC3CCCC3)C(=O)C2)s1. The van der Waals surface area contributed by atoms with Crippen LogP contribution in [0.25, 0.3) is 0 Å². The summed E-state index contributed by atoms with van der Waals surface area (Å²) in [5.41, 5.74) is 0. The highest BCUT2D eigenvalue weighted by molar-refractivity contribution is 7.91. The summed E-state index contributed by atoms with van der Waals surface area (Å²) in [6, 6.07) is 0. The summed E-state index contributed by atoms with van der Waals surface area (Å²) < 4.78 is 22.6. The molecule has 0 unspecified atom stereocenters. The van der Waals surface area contributed by atoms with Crippen molar-refractivity contribution in [2.24, 2.45) is 11.1 Å². The molecule has 0 radical (unpaired) electrons. The fourth-order valence-corrected chi connectivity index (χ4v) is 4.66. The average molecular weight is 344 g/mol. The summed E-state index contributed by atoms with van der Waals surface area (Å²) in [7, 11) is -3.73. The van der Waals surface area contributed by atoms with E-state index in [1.165, 1.54) is 31.9 Å². The number of aromatic nitrogens is 1. The Bertz CT molecular complexity index is 652. The fraction of sp³-hybridized carbons (Fsp3) is 0.692. The van der Waals surface area contributed by atoms with Gasteiger partial charge in [-0.25, -0.2) is 18.5 Å². The molecule has 1 saturated carbocycles. The first-order valence-corrected chi connectivity index (χ1v) is 9.81. The second-order valence-electron chi connectivity index (χ2n) is 5.92. The van der Waals surface area contributed by atoms with Crippen LogP contribution in [-0.4, -0.2) is 50.4 Å². The predicted octanol–water partition coefficient (Wildman–Crippen LogP) is 0.629. The monoisotopic (exact) mass is 344 g/mol. The van der Waals surface area contributed by atoms with Crippen LogP contribution in [-0.2, 0) is 14.8 Å². The summed E-state index contributed by atoms with van der Waals surface area (Å²) in [5, 5.41) is 5.63. The van der Waals surface area contributed by atoms with Crippen LogP contribution in [0.3, 0.4) is 0 Å². The van der Waals surface area contributed by atoms with E-state index in [0.717, 1.165) is 17.9 Å². The maximum absolute atomic E-state index is 12.3. The molecular formula is C13H20N4O3S2. The van der Waals surface area contributed by atoms with Crippen molar-refractivity contribution >= 4 is 32.4 Å². The van der Waals surface area contributed by atoms with E-state index in [4.69, 9.17) is 5.14 Å². The highest BCUT2D eigenvalue weighted by Gasteiger charge is 2.29. The molecule has 1 saturated heterocycles. The molecule has 2 fully saturated rings. The molecule has 3 rings (SSSR count). The van der Waals surface area contributed by atoms with Crippen LogP contribution in [0.2, 0.25) is 0 Å². The molecule has 0 atom stereocenters. The summed E-state index contributed by atoms with van der Waals surface area (Å²) in [6.45, 7) is 2.45. The molecule has 1 aromatic rings. The number of amides is 1. The molecule has 0 spiro atoms. The first-order chi connectivity index (χ1) is 10.4. The average Bonchev–Trinajstić information content (AvgIpc) is 3.11. The molecule has 1 aromatic heterocycles. The van der Waals surface area contributed by atoms with E-state index in [9.17, 15) is 13.2 Å². The number of sulfonamides is 1. The molecule has 2 heterocycles. The van der Waals surface area contributed by atoms with Gasteiger partial charge in [-0.15, -0.1) is 0 Å². The third kappa shape index (κ3) is 3.41. The summed E-state index contributed by atoms with van der Waals surface area (Å²) in [6.07, 6.45) is 6.24. The van der Waals surface area contributed by atoms with Crippen LogP contribution in [0.15, 0.2) is 10.4 Å². The molecule has 1 aliphatic heterocycles. The molecule has 9 heteroatoms. The predicted molar refractivity (Wildman–Crippen MR) is 84.2 cm³/mol. The second-order valence-corrected chi connectivity index (χ2v) is 8.72. The van der Waals surface area contributed by atoms with Crippen molar-refractivity contribution in [1.82, 2.24) is 9.88 Å². The van der Waals surface area contributed by atoms with Gasteiger partial charge in [0.15, 0.2) is 9.34 Å². The van der Waals surface area contributed by atoms with Crippen molar-refractivity contribution in [3.05, 3.63) is 6.20 Å². The number of piperazine rings is 1. The van der Waals surface area contributed by atoms with Gasteiger partial charge in [-0.05, 0) is 18.8 Å². The zero-order valence-electron chi connectivity index (χ0n) is 12.3. The number of carbonyl (C=O) groups is 1. The number of hydrogen-bond donors (Lipinski definition) is 1. The van der Waals surface area contributed by atoms with Gasteiger partial charge >= 0.3 is 0 Å². The summed E-state index contributed by atoms with van der Waals surface area (Å²) in [4.78, 5) is 20.1. The molecular weight excluding hydrogens is 324 g/mol. The van der Waals surface area contributed by atoms with Crippen LogP contribution in [0, 0.1) is 5.92 Å². The number of nitrogens with two attached hydrogens (primary N) is 1. The van der Waals surface area contributed by atoms with Crippen LogP contribution in [0.1, 0.15) is 25.7 Å². The lowest BCUT2D eigenvalue weighted by molar-refractivity contribution is -0.131. The smallest absolute Gasteiger partial charge is 0.249 e. The highest BCUT2D eigenvalue weighted by atomic mass is 32.2. The molecule has 22 heavy (non-hydrogen) atoms. The van der Waals surface area contributed by atoms with Gasteiger partial charge in [-0.1, -0.05) is 24.2 Å². The Balaban J connectivity index is 1.62. The summed E-state index contributed by atoms with van der Waals surface area (Å²) in [5.74, 6) is 0.731. The van der Waals surface area contributed by atoms with Crippen molar-refractivity contribution in [3.8, 4) is 0 Å². The van der Waals surface area contributed by atoms with Gasteiger partial charge in [-0.2, -0.15) is 0 Å². The van der Waals surface area contributed by atoms with Gasteiger partial charge < -0.3 is 9.80 Å². The van der Waals surface area contributed by atoms with Gasteiger partial charge in [0, 0.05) is 19.6 Å². The van der Waals surface area contributed by atoms with Gasteiger partial charge in [-0.3, -0.25) is 4.79 Å². The Labute approximate surface area is 134 Å². The van der Waals surface area contributed by atoms with Crippen molar-refractivity contribution in [2.45, 2.75) is 29.9 Å². The minimum absolute atomic E-state index is 0.0309. The Morgan fingerprint density at radius 3 is 2.64 bits per heavy atom. The van der Waals surface area contributed by atoms with Gasteiger partial charge in [0.2, 0.25) is 15.9 Å². The Morgan fingerprint density at radius 1 is 1.32 bits per heavy atom. The molecule has 1 amide bonds. The van der Waals surface area contributed by atoms with Crippen molar-refractivity contribution in [3.63, 3.8) is 0 Å². The number of hydrogen-bond acceptors (Lipinski definition) is 6. The number of carbonyl (C=O) groups excluding carboxylic acids is 1. The van der Waals surface area contributed by atoms with Crippen LogP contribution in [0.4, 0.5) is 5.13 Å². The zero-order chi connectivity index (χ0) is 15.7. The lowest BCUT2D eigenvalue weighted by Gasteiger charge is -2.35. The molecule has 122 valence electrons. The number of nitrogens with zero attached hydrogens (tertiary/aromatic N) is 3. The maximum atomic E-state index is 12.3. The minimum Gasteiger partial charge on any atom is -0.339 e. The lowest BCUT2D eigenvalue weighted by Crippen LogP contribution is -2.51. The number of primary sulfonamides is 1. The van der Waals surface area contributed by atoms with E-state index < -0.39 is 10.0 Å². The third-order valence-corrected chi connectivity index (χ3v) is 6.76. The molecule has 1 aliphatic carbocycles. The molecule has 0 bridgehead atoms. The molecule has 2 aliphatic rings. The van der Waals surface area contributed by atoms with Crippen LogP contribution >= 0.6 is 11.3 Å². The normalized spacial score (nSPS) is 20.9. The van der Waals surface area contributed by atoms with Gasteiger partial charge in [0.1, 0.15) is 0 Å². The van der Waals surface area contributed by atoms with E-state index >= 15 is 0 Å². The van der Waals surface area contributed by atoms with Crippen molar-refractivity contribution in [1.29, 1.82) is 0 Å². The molecule has 0 aromatic carbocycles. The fourth-order valence-electron chi connectivity index (χ4n) is 3.10. The summed E-state index contributed by atoms with van der Waals surface area (Å²) >= 11 is 1.01. The van der Waals surface area contributed by atoms with Gasteiger partial charge in [0.25, 0.3) is 0 Å². The maximum Gasteiger partial charge on any atom is 0.249 e. The van der Waals surface area contributed by atoms with Crippen LogP contribution < -0.4 is 10.0 Å². The molecule has 7 nitrogen and oxygen atoms in total. The van der Waals surface area contributed by atoms with E-state index in [1.54, 1.807) is 0 Å². The minimum atomic E-state index is -3.73.